The maximum Gasteiger partial charge on any atom is 0.359 e. The molecule has 0 aliphatic rings. The fraction of sp³-hybridized carbons (Fsp3) is 0.211. The first kappa shape index (κ1) is 20.2. The molecule has 0 saturated heterocycles. The van der Waals surface area contributed by atoms with Gasteiger partial charge in [0, 0.05) is 5.39 Å². The van der Waals surface area contributed by atoms with Crippen LogP contribution >= 0.6 is 11.3 Å². The van der Waals surface area contributed by atoms with Crippen LogP contribution in [0.15, 0.2) is 35.1 Å². The standard InChI is InChI=1S/C19H17N3O6S/c1-3-27-19(26)16-10(2)8-14(29-16)20-13(23)9-28-18(25)15-11-6-4-5-7-12(11)17(24)22-21-15/h4-8H,3,9H2,1-2H3,(H,20,23)(H,22,24). The van der Waals surface area contributed by atoms with Gasteiger partial charge in [0.25, 0.3) is 11.5 Å². The van der Waals surface area contributed by atoms with Crippen molar-refractivity contribution in [2.24, 2.45) is 0 Å². The first-order valence-corrected chi connectivity index (χ1v) is 9.44. The molecule has 0 radical (unpaired) electrons. The van der Waals surface area contributed by atoms with Crippen LogP contribution in [0, 0.1) is 6.92 Å². The van der Waals surface area contributed by atoms with Gasteiger partial charge in [0.05, 0.1) is 17.0 Å². The number of hydrogen-bond acceptors (Lipinski definition) is 8. The van der Waals surface area contributed by atoms with Gasteiger partial charge in [-0.25, -0.2) is 14.7 Å². The van der Waals surface area contributed by atoms with E-state index in [4.69, 9.17) is 9.47 Å². The van der Waals surface area contributed by atoms with Crippen LogP contribution in [0.1, 0.15) is 32.6 Å². The number of amides is 1. The van der Waals surface area contributed by atoms with Crippen LogP contribution in [0.2, 0.25) is 0 Å². The molecule has 10 heteroatoms. The van der Waals surface area contributed by atoms with Gasteiger partial charge in [-0.3, -0.25) is 9.59 Å². The highest BCUT2D eigenvalue weighted by atomic mass is 32.1. The van der Waals surface area contributed by atoms with Gasteiger partial charge in [-0.05, 0) is 31.5 Å². The van der Waals surface area contributed by atoms with Gasteiger partial charge in [-0.1, -0.05) is 18.2 Å². The topological polar surface area (TPSA) is 127 Å². The highest BCUT2D eigenvalue weighted by molar-refractivity contribution is 7.18. The zero-order chi connectivity index (χ0) is 21.0. The molecule has 0 bridgehead atoms. The molecule has 0 fully saturated rings. The Balaban J connectivity index is 1.65. The zero-order valence-electron chi connectivity index (χ0n) is 15.6. The van der Waals surface area contributed by atoms with Crippen LogP contribution in [0.4, 0.5) is 5.00 Å². The number of thiophene rings is 1. The fourth-order valence-electron chi connectivity index (χ4n) is 2.59. The van der Waals surface area contributed by atoms with Crippen LogP contribution < -0.4 is 10.9 Å². The van der Waals surface area contributed by atoms with Crippen molar-refractivity contribution in [3.63, 3.8) is 0 Å². The predicted molar refractivity (Wildman–Crippen MR) is 106 cm³/mol. The number of nitrogens with zero attached hydrogens (tertiary/aromatic N) is 1. The Kier molecular flexibility index (Phi) is 6.03. The third-order valence-corrected chi connectivity index (χ3v) is 5.00. The fourth-order valence-corrected chi connectivity index (χ4v) is 3.57. The van der Waals surface area contributed by atoms with E-state index in [1.54, 1.807) is 44.2 Å². The maximum absolute atomic E-state index is 12.3. The molecule has 3 rings (SSSR count). The molecule has 0 aliphatic heterocycles. The monoisotopic (exact) mass is 415 g/mol. The van der Waals surface area contributed by atoms with Gasteiger partial charge in [-0.2, -0.15) is 5.10 Å². The van der Waals surface area contributed by atoms with Gasteiger partial charge in [-0.15, -0.1) is 11.3 Å². The molecule has 2 N–H and O–H groups in total. The minimum atomic E-state index is -0.845. The zero-order valence-corrected chi connectivity index (χ0v) is 16.4. The predicted octanol–water partition coefficient (Wildman–Crippen LogP) is 2.27. The molecule has 2 heterocycles. The second-order valence-electron chi connectivity index (χ2n) is 5.91. The van der Waals surface area contributed by atoms with Crippen LogP contribution in [-0.4, -0.2) is 41.3 Å². The average molecular weight is 415 g/mol. The smallest absolute Gasteiger partial charge is 0.359 e. The van der Waals surface area contributed by atoms with Crippen LogP contribution in [0.25, 0.3) is 10.8 Å². The van der Waals surface area contributed by atoms with Crippen LogP contribution in [-0.2, 0) is 14.3 Å². The van der Waals surface area contributed by atoms with Gasteiger partial charge >= 0.3 is 11.9 Å². The molecule has 1 aromatic carbocycles. The van der Waals surface area contributed by atoms with E-state index in [-0.39, 0.29) is 12.3 Å². The average Bonchev–Trinajstić information content (AvgIpc) is 3.07. The van der Waals surface area contributed by atoms with Crippen molar-refractivity contribution in [3.05, 3.63) is 56.8 Å². The summed E-state index contributed by atoms with van der Waals surface area (Å²) in [5, 5.41) is 9.58. The van der Waals surface area contributed by atoms with E-state index in [0.29, 0.717) is 26.2 Å². The SMILES string of the molecule is CCOC(=O)c1sc(NC(=O)COC(=O)c2n[nH]c(=O)c3ccccc23)cc1C. The number of aromatic nitrogens is 2. The van der Waals surface area contributed by atoms with Crippen molar-refractivity contribution in [1.82, 2.24) is 10.2 Å². The molecule has 0 aliphatic carbocycles. The van der Waals surface area contributed by atoms with E-state index in [0.717, 1.165) is 11.3 Å². The van der Waals surface area contributed by atoms with Gasteiger partial charge in [0.1, 0.15) is 4.88 Å². The van der Waals surface area contributed by atoms with E-state index in [2.05, 4.69) is 15.5 Å². The summed E-state index contributed by atoms with van der Waals surface area (Å²) >= 11 is 1.07. The molecule has 29 heavy (non-hydrogen) atoms. The molecule has 150 valence electrons. The van der Waals surface area contributed by atoms with Crippen LogP contribution in [0.5, 0.6) is 0 Å². The molecule has 0 spiro atoms. The van der Waals surface area contributed by atoms with Gasteiger partial charge in [0.2, 0.25) is 0 Å². The minimum Gasteiger partial charge on any atom is -0.462 e. The molecular weight excluding hydrogens is 398 g/mol. The summed E-state index contributed by atoms with van der Waals surface area (Å²) in [5.41, 5.74) is 0.148. The molecule has 9 nitrogen and oxygen atoms in total. The number of carbonyl (C=O) groups is 3. The molecule has 3 aromatic rings. The number of ether oxygens (including phenoxy) is 2. The molecule has 0 saturated carbocycles. The Hall–Kier alpha value is -3.53. The molecule has 0 atom stereocenters. The summed E-state index contributed by atoms with van der Waals surface area (Å²) in [6.45, 7) is 3.13. The van der Waals surface area contributed by atoms with E-state index >= 15 is 0 Å². The number of benzene rings is 1. The summed E-state index contributed by atoms with van der Waals surface area (Å²) in [5.74, 6) is -1.89. The van der Waals surface area contributed by atoms with Crippen molar-refractivity contribution >= 4 is 45.0 Å². The van der Waals surface area contributed by atoms with E-state index in [9.17, 15) is 19.2 Å². The molecule has 1 amide bonds. The summed E-state index contributed by atoms with van der Waals surface area (Å²) in [4.78, 5) is 48.4. The number of rotatable bonds is 6. The number of anilines is 1. The normalized spacial score (nSPS) is 10.6. The quantitative estimate of drug-likeness (QED) is 0.591. The highest BCUT2D eigenvalue weighted by Crippen LogP contribution is 2.27. The summed E-state index contributed by atoms with van der Waals surface area (Å²) in [6, 6.07) is 8.08. The third-order valence-electron chi connectivity index (χ3n) is 3.86. The van der Waals surface area contributed by atoms with Gasteiger partial charge < -0.3 is 14.8 Å². The second-order valence-corrected chi connectivity index (χ2v) is 6.97. The minimum absolute atomic E-state index is 0.0930. The number of esters is 2. The Bertz CT molecular complexity index is 1150. The lowest BCUT2D eigenvalue weighted by molar-refractivity contribution is -0.119. The third kappa shape index (κ3) is 4.49. The Labute approximate surface area is 168 Å². The van der Waals surface area contributed by atoms with Crippen molar-refractivity contribution < 1.29 is 23.9 Å². The molecular formula is C19H17N3O6S. The maximum atomic E-state index is 12.3. The van der Waals surface area contributed by atoms with Crippen LogP contribution in [0.3, 0.4) is 0 Å². The largest absolute Gasteiger partial charge is 0.462 e. The lowest BCUT2D eigenvalue weighted by Crippen LogP contribution is -2.22. The van der Waals surface area contributed by atoms with Gasteiger partial charge in [0.15, 0.2) is 12.3 Å². The summed E-state index contributed by atoms with van der Waals surface area (Å²) < 4.78 is 9.97. The van der Waals surface area contributed by atoms with Crippen molar-refractivity contribution in [2.75, 3.05) is 18.5 Å². The Morgan fingerprint density at radius 2 is 1.86 bits per heavy atom. The van der Waals surface area contributed by atoms with E-state index in [1.165, 1.54) is 0 Å². The van der Waals surface area contributed by atoms with E-state index < -0.39 is 30.0 Å². The van der Waals surface area contributed by atoms with Crippen molar-refractivity contribution in [2.45, 2.75) is 13.8 Å². The number of fused-ring (bicyclic) bond motifs is 1. The first-order valence-electron chi connectivity index (χ1n) is 8.62. The lowest BCUT2D eigenvalue weighted by Gasteiger charge is -2.06. The first-order chi connectivity index (χ1) is 13.9. The van der Waals surface area contributed by atoms with Crippen molar-refractivity contribution in [1.29, 1.82) is 0 Å². The lowest BCUT2D eigenvalue weighted by atomic mass is 10.1. The molecule has 2 aromatic heterocycles. The number of aromatic amines is 1. The number of aryl methyl sites for hydroxylation is 1. The summed E-state index contributed by atoms with van der Waals surface area (Å²) in [6.07, 6.45) is 0. The second kappa shape index (κ2) is 8.65. The van der Waals surface area contributed by atoms with Crippen molar-refractivity contribution in [3.8, 4) is 0 Å². The number of carbonyl (C=O) groups excluding carboxylic acids is 3. The molecule has 0 unspecified atom stereocenters. The summed E-state index contributed by atoms with van der Waals surface area (Å²) in [7, 11) is 0. The van der Waals surface area contributed by atoms with E-state index in [1.807, 2.05) is 0 Å². The Morgan fingerprint density at radius 3 is 2.59 bits per heavy atom. The number of H-pyrrole nitrogens is 1. The number of hydrogen-bond donors (Lipinski definition) is 2. The highest BCUT2D eigenvalue weighted by Gasteiger charge is 2.19. The Morgan fingerprint density at radius 1 is 1.14 bits per heavy atom. The number of nitrogens with one attached hydrogen (secondary N) is 2.